The van der Waals surface area contributed by atoms with Gasteiger partial charge < -0.3 is 10.2 Å². The molecule has 10 heteroatoms. The predicted molar refractivity (Wildman–Crippen MR) is 132 cm³/mol. The number of carbonyl (C=O) groups excluding carboxylic acids is 1. The lowest BCUT2D eigenvalue weighted by Crippen LogP contribution is -2.53. The minimum absolute atomic E-state index is 0.100. The van der Waals surface area contributed by atoms with Gasteiger partial charge in [0.25, 0.3) is 0 Å². The average molecular weight is 542 g/mol. The zero-order chi connectivity index (χ0) is 27.7. The van der Waals surface area contributed by atoms with E-state index in [4.69, 9.17) is 0 Å². The molecular formula is C28H33F6N3O. The summed E-state index contributed by atoms with van der Waals surface area (Å²) in [7, 11) is 2.09. The first-order chi connectivity index (χ1) is 17.8. The fraction of sp³-hybridized carbons (Fsp3) is 0.536. The minimum atomic E-state index is -4.95. The highest BCUT2D eigenvalue weighted by Crippen LogP contribution is 2.42. The number of piperazine rings is 1. The predicted octanol–water partition coefficient (Wildman–Crippen LogP) is 6.03. The van der Waals surface area contributed by atoms with E-state index in [0.29, 0.717) is 31.0 Å². The first-order valence-corrected chi connectivity index (χ1v) is 12.9. The van der Waals surface area contributed by atoms with Crippen molar-refractivity contribution in [3.63, 3.8) is 0 Å². The molecule has 208 valence electrons. The topological polar surface area (TPSA) is 35.6 Å². The third-order valence-electron chi connectivity index (χ3n) is 8.08. The molecule has 1 saturated carbocycles. The molecule has 1 aliphatic carbocycles. The largest absolute Gasteiger partial charge is 0.416 e. The van der Waals surface area contributed by atoms with E-state index in [0.717, 1.165) is 44.6 Å². The van der Waals surface area contributed by atoms with Gasteiger partial charge in [0.2, 0.25) is 5.91 Å². The normalized spacial score (nSPS) is 24.7. The number of benzene rings is 2. The molecule has 4 rings (SSSR count). The van der Waals surface area contributed by atoms with Crippen molar-refractivity contribution in [2.24, 2.45) is 0 Å². The Kier molecular flexibility index (Phi) is 8.14. The smallest absolute Gasteiger partial charge is 0.349 e. The van der Waals surface area contributed by atoms with Crippen molar-refractivity contribution in [2.45, 2.75) is 62.5 Å². The van der Waals surface area contributed by atoms with Crippen molar-refractivity contribution in [3.05, 3.63) is 70.8 Å². The number of alkyl halides is 6. The number of amides is 1. The van der Waals surface area contributed by atoms with E-state index in [-0.39, 0.29) is 17.5 Å². The van der Waals surface area contributed by atoms with Crippen LogP contribution in [0, 0.1) is 0 Å². The van der Waals surface area contributed by atoms with Gasteiger partial charge in [0.05, 0.1) is 22.6 Å². The molecule has 1 heterocycles. The second-order valence-corrected chi connectivity index (χ2v) is 10.6. The molecule has 1 unspecified atom stereocenters. The summed E-state index contributed by atoms with van der Waals surface area (Å²) in [6.45, 7) is 5.30. The maximum Gasteiger partial charge on any atom is 0.416 e. The van der Waals surface area contributed by atoms with E-state index < -0.39 is 34.9 Å². The molecule has 1 N–H and O–H groups in total. The Hall–Kier alpha value is -2.59. The second kappa shape index (κ2) is 10.9. The van der Waals surface area contributed by atoms with E-state index in [1.54, 1.807) is 0 Å². The Bertz CT molecular complexity index is 1070. The Labute approximate surface area is 219 Å². The van der Waals surface area contributed by atoms with Crippen LogP contribution < -0.4 is 5.32 Å². The molecule has 0 spiro atoms. The minimum Gasteiger partial charge on any atom is -0.349 e. The lowest BCUT2D eigenvalue weighted by Gasteiger charge is -2.45. The van der Waals surface area contributed by atoms with E-state index in [9.17, 15) is 31.1 Å². The average Bonchev–Trinajstić information content (AvgIpc) is 2.88. The molecule has 2 aromatic rings. The van der Waals surface area contributed by atoms with Gasteiger partial charge in [-0.3, -0.25) is 9.69 Å². The molecule has 1 atom stereocenters. The molecule has 38 heavy (non-hydrogen) atoms. The zero-order valence-corrected chi connectivity index (χ0v) is 21.5. The van der Waals surface area contributed by atoms with Gasteiger partial charge >= 0.3 is 12.4 Å². The summed E-state index contributed by atoms with van der Waals surface area (Å²) < 4.78 is 80.3. The summed E-state index contributed by atoms with van der Waals surface area (Å²) in [6.07, 6.45) is -7.25. The molecule has 0 radical (unpaired) electrons. The van der Waals surface area contributed by atoms with Crippen LogP contribution in [0.2, 0.25) is 0 Å². The van der Waals surface area contributed by atoms with Crippen LogP contribution in [0.15, 0.2) is 48.5 Å². The maximum absolute atomic E-state index is 13.8. The second-order valence-electron chi connectivity index (χ2n) is 10.6. The van der Waals surface area contributed by atoms with Gasteiger partial charge in [0, 0.05) is 32.2 Å². The molecule has 0 aromatic heterocycles. The van der Waals surface area contributed by atoms with Crippen molar-refractivity contribution < 1.29 is 31.1 Å². The standard InChI is InChI=1S/C28H33F6N3O/c1-19(20-16-22(27(29,30)31)18-23(17-20)28(32,33)34)35-25(38)26(21-6-4-3-5-7-21)10-8-24(9-11-26)37-14-12-36(2)13-15-37/h3-7,16-19,24H,8-15H2,1-2H3,(H,35,38)/t19?,24-,26-. The van der Waals surface area contributed by atoms with E-state index in [1.165, 1.54) is 6.92 Å². The van der Waals surface area contributed by atoms with Crippen LogP contribution in [-0.2, 0) is 22.6 Å². The molecule has 0 bridgehead atoms. The number of halogens is 6. The van der Waals surface area contributed by atoms with Crippen LogP contribution in [0.4, 0.5) is 26.3 Å². The number of rotatable bonds is 5. The third kappa shape index (κ3) is 6.17. The number of carbonyl (C=O) groups is 1. The fourth-order valence-corrected chi connectivity index (χ4v) is 5.70. The van der Waals surface area contributed by atoms with E-state index in [1.807, 2.05) is 30.3 Å². The number of nitrogens with one attached hydrogen (secondary N) is 1. The third-order valence-corrected chi connectivity index (χ3v) is 8.08. The molecule has 1 saturated heterocycles. The Balaban J connectivity index is 1.58. The van der Waals surface area contributed by atoms with Crippen LogP contribution in [0.5, 0.6) is 0 Å². The quantitative estimate of drug-likeness (QED) is 0.470. The number of hydrogen-bond acceptors (Lipinski definition) is 3. The highest BCUT2D eigenvalue weighted by Gasteiger charge is 2.45. The summed E-state index contributed by atoms with van der Waals surface area (Å²) in [5.74, 6) is -0.376. The molecule has 2 aromatic carbocycles. The van der Waals surface area contributed by atoms with E-state index >= 15 is 0 Å². The van der Waals surface area contributed by atoms with Crippen molar-refractivity contribution in [2.75, 3.05) is 33.2 Å². The summed E-state index contributed by atoms with van der Waals surface area (Å²) in [5, 5.41) is 2.77. The van der Waals surface area contributed by atoms with Crippen LogP contribution in [-0.4, -0.2) is 55.0 Å². The van der Waals surface area contributed by atoms with Crippen molar-refractivity contribution in [1.29, 1.82) is 0 Å². The summed E-state index contributed by atoms with van der Waals surface area (Å²) in [4.78, 5) is 18.6. The monoisotopic (exact) mass is 541 g/mol. The Morgan fingerprint density at radius 1 is 0.895 bits per heavy atom. The molecular weight excluding hydrogens is 508 g/mol. The molecule has 2 aliphatic rings. The highest BCUT2D eigenvalue weighted by molar-refractivity contribution is 5.88. The molecule has 4 nitrogen and oxygen atoms in total. The number of nitrogens with zero attached hydrogens (tertiary/aromatic N) is 2. The van der Waals surface area contributed by atoms with Gasteiger partial charge in [-0.15, -0.1) is 0 Å². The fourth-order valence-electron chi connectivity index (χ4n) is 5.70. The van der Waals surface area contributed by atoms with Crippen molar-refractivity contribution in [3.8, 4) is 0 Å². The zero-order valence-electron chi connectivity index (χ0n) is 21.5. The highest BCUT2D eigenvalue weighted by atomic mass is 19.4. The van der Waals surface area contributed by atoms with Gasteiger partial charge in [-0.25, -0.2) is 0 Å². The Morgan fingerprint density at radius 3 is 1.92 bits per heavy atom. The summed E-state index contributed by atoms with van der Waals surface area (Å²) >= 11 is 0. The number of hydrogen-bond donors (Lipinski definition) is 1. The van der Waals surface area contributed by atoms with Gasteiger partial charge in [0.1, 0.15) is 0 Å². The molecule has 2 fully saturated rings. The van der Waals surface area contributed by atoms with Crippen LogP contribution in [0.1, 0.15) is 60.9 Å². The van der Waals surface area contributed by atoms with E-state index in [2.05, 4.69) is 22.2 Å². The Morgan fingerprint density at radius 2 is 1.42 bits per heavy atom. The summed E-state index contributed by atoms with van der Waals surface area (Å²) in [5.41, 5.74) is -3.13. The first kappa shape index (κ1) is 28.4. The van der Waals surface area contributed by atoms with Crippen LogP contribution >= 0.6 is 0 Å². The van der Waals surface area contributed by atoms with Crippen molar-refractivity contribution in [1.82, 2.24) is 15.1 Å². The first-order valence-electron chi connectivity index (χ1n) is 12.9. The van der Waals surface area contributed by atoms with Gasteiger partial charge in [-0.2, -0.15) is 26.3 Å². The van der Waals surface area contributed by atoms with Gasteiger partial charge in [0.15, 0.2) is 0 Å². The maximum atomic E-state index is 13.8. The SMILES string of the molecule is CC(NC(=O)[C@]1(c2ccccc2)CC[C@@H](N2CCN(C)CC2)CC1)c1cc(C(F)(F)F)cc(C(F)(F)F)c1. The molecule has 1 amide bonds. The lowest BCUT2D eigenvalue weighted by molar-refractivity contribution is -0.143. The van der Waals surface area contributed by atoms with Gasteiger partial charge in [-0.1, -0.05) is 30.3 Å². The van der Waals surface area contributed by atoms with Gasteiger partial charge in [-0.05, 0) is 69.0 Å². The van der Waals surface area contributed by atoms with Crippen LogP contribution in [0.25, 0.3) is 0 Å². The van der Waals surface area contributed by atoms with Crippen molar-refractivity contribution >= 4 is 5.91 Å². The number of likely N-dealkylation sites (N-methyl/N-ethyl adjacent to an activating group) is 1. The summed E-state index contributed by atoms with van der Waals surface area (Å²) in [6, 6.07) is 9.99. The lowest BCUT2D eigenvalue weighted by atomic mass is 9.67. The van der Waals surface area contributed by atoms with Crippen LogP contribution in [0.3, 0.4) is 0 Å². The molecule has 1 aliphatic heterocycles.